The van der Waals surface area contributed by atoms with E-state index < -0.39 is 0 Å². The number of benzene rings is 2. The van der Waals surface area contributed by atoms with Crippen LogP contribution in [-0.2, 0) is 12.8 Å². The highest BCUT2D eigenvalue weighted by molar-refractivity contribution is 6.12. The SMILES string of the molecule is O=C(Nc1ccc2c(c1)CCC2)c1cccc2cc[nH]c12. The molecule has 0 saturated heterocycles. The van der Waals surface area contributed by atoms with Gasteiger partial charge in [-0.2, -0.15) is 0 Å². The first kappa shape index (κ1) is 12.2. The maximum absolute atomic E-state index is 12.5. The van der Waals surface area contributed by atoms with Gasteiger partial charge in [0.25, 0.3) is 5.91 Å². The quantitative estimate of drug-likeness (QED) is 0.732. The Bertz CT molecular complexity index is 832. The van der Waals surface area contributed by atoms with Crippen molar-refractivity contribution in [2.75, 3.05) is 5.32 Å². The van der Waals surface area contributed by atoms with E-state index in [0.29, 0.717) is 5.56 Å². The number of carbonyl (C=O) groups is 1. The van der Waals surface area contributed by atoms with Gasteiger partial charge < -0.3 is 10.3 Å². The summed E-state index contributed by atoms with van der Waals surface area (Å²) in [5.41, 5.74) is 5.23. The molecule has 0 aliphatic heterocycles. The van der Waals surface area contributed by atoms with Crippen molar-refractivity contribution in [1.29, 1.82) is 0 Å². The Balaban J connectivity index is 1.65. The zero-order valence-electron chi connectivity index (χ0n) is 11.6. The average molecular weight is 276 g/mol. The van der Waals surface area contributed by atoms with Gasteiger partial charge in [0.2, 0.25) is 0 Å². The van der Waals surface area contributed by atoms with E-state index in [1.54, 1.807) is 0 Å². The first-order valence-electron chi connectivity index (χ1n) is 7.30. The molecule has 21 heavy (non-hydrogen) atoms. The van der Waals surface area contributed by atoms with E-state index in [4.69, 9.17) is 0 Å². The summed E-state index contributed by atoms with van der Waals surface area (Å²) in [7, 11) is 0. The lowest BCUT2D eigenvalue weighted by Crippen LogP contribution is -2.12. The minimum absolute atomic E-state index is 0.0685. The number of carbonyl (C=O) groups excluding carboxylic acids is 1. The normalized spacial score (nSPS) is 13.3. The molecule has 0 unspecified atom stereocenters. The number of nitrogens with one attached hydrogen (secondary N) is 2. The summed E-state index contributed by atoms with van der Waals surface area (Å²) in [5, 5.41) is 4.06. The summed E-state index contributed by atoms with van der Waals surface area (Å²) in [6.07, 6.45) is 5.35. The number of rotatable bonds is 2. The van der Waals surface area contributed by atoms with E-state index in [2.05, 4.69) is 22.4 Å². The fourth-order valence-corrected chi connectivity index (χ4v) is 3.12. The lowest BCUT2D eigenvalue weighted by Gasteiger charge is -2.08. The molecule has 1 aliphatic rings. The summed E-state index contributed by atoms with van der Waals surface area (Å²) >= 11 is 0. The number of fused-ring (bicyclic) bond motifs is 2. The van der Waals surface area contributed by atoms with Gasteiger partial charge in [0, 0.05) is 17.3 Å². The van der Waals surface area contributed by atoms with Crippen LogP contribution in [0.2, 0.25) is 0 Å². The summed E-state index contributed by atoms with van der Waals surface area (Å²) in [6.45, 7) is 0. The maximum atomic E-state index is 12.5. The van der Waals surface area contributed by atoms with Gasteiger partial charge in [-0.05, 0) is 54.7 Å². The Labute approximate surface area is 123 Å². The van der Waals surface area contributed by atoms with Crippen molar-refractivity contribution in [1.82, 2.24) is 4.98 Å². The van der Waals surface area contributed by atoms with Crippen LogP contribution in [0, 0.1) is 0 Å². The third-order valence-electron chi connectivity index (χ3n) is 4.19. The third kappa shape index (κ3) is 2.11. The largest absolute Gasteiger partial charge is 0.361 e. The molecule has 3 aromatic rings. The van der Waals surface area contributed by atoms with E-state index >= 15 is 0 Å². The molecular weight excluding hydrogens is 260 g/mol. The van der Waals surface area contributed by atoms with Gasteiger partial charge in [0.15, 0.2) is 0 Å². The molecular formula is C18H16N2O. The molecule has 2 N–H and O–H groups in total. The smallest absolute Gasteiger partial charge is 0.257 e. The first-order valence-corrected chi connectivity index (χ1v) is 7.30. The molecule has 4 rings (SSSR count). The van der Waals surface area contributed by atoms with Crippen LogP contribution in [0.5, 0.6) is 0 Å². The molecule has 0 saturated carbocycles. The number of amides is 1. The second-order valence-corrected chi connectivity index (χ2v) is 5.54. The fraction of sp³-hybridized carbons (Fsp3) is 0.167. The minimum atomic E-state index is -0.0685. The number of aromatic amines is 1. The molecule has 0 atom stereocenters. The van der Waals surface area contributed by atoms with Crippen molar-refractivity contribution in [2.24, 2.45) is 0 Å². The highest BCUT2D eigenvalue weighted by Gasteiger charge is 2.14. The van der Waals surface area contributed by atoms with E-state index in [0.717, 1.165) is 29.4 Å². The Morgan fingerprint density at radius 2 is 1.95 bits per heavy atom. The Morgan fingerprint density at radius 3 is 2.90 bits per heavy atom. The van der Waals surface area contributed by atoms with E-state index in [-0.39, 0.29) is 5.91 Å². The van der Waals surface area contributed by atoms with Crippen molar-refractivity contribution < 1.29 is 4.79 Å². The molecule has 0 fully saturated rings. The number of hydrogen-bond acceptors (Lipinski definition) is 1. The van der Waals surface area contributed by atoms with E-state index in [1.807, 2.05) is 36.5 Å². The van der Waals surface area contributed by atoms with Gasteiger partial charge in [0.1, 0.15) is 0 Å². The summed E-state index contributed by atoms with van der Waals surface area (Å²) in [6, 6.07) is 14.0. The third-order valence-corrected chi connectivity index (χ3v) is 4.19. The second kappa shape index (κ2) is 4.77. The first-order chi connectivity index (χ1) is 10.3. The van der Waals surface area contributed by atoms with Crippen LogP contribution in [0.1, 0.15) is 27.9 Å². The highest BCUT2D eigenvalue weighted by atomic mass is 16.1. The predicted molar refractivity (Wildman–Crippen MR) is 84.7 cm³/mol. The van der Waals surface area contributed by atoms with Crippen molar-refractivity contribution in [3.05, 3.63) is 65.4 Å². The molecule has 3 nitrogen and oxygen atoms in total. The number of anilines is 1. The zero-order chi connectivity index (χ0) is 14.2. The van der Waals surface area contributed by atoms with Crippen molar-refractivity contribution in [3.63, 3.8) is 0 Å². The lowest BCUT2D eigenvalue weighted by atomic mass is 10.1. The van der Waals surface area contributed by atoms with Crippen LogP contribution < -0.4 is 5.32 Å². The van der Waals surface area contributed by atoms with Crippen LogP contribution >= 0.6 is 0 Å². The zero-order valence-corrected chi connectivity index (χ0v) is 11.6. The van der Waals surface area contributed by atoms with Crippen LogP contribution in [0.15, 0.2) is 48.7 Å². The molecule has 104 valence electrons. The topological polar surface area (TPSA) is 44.9 Å². The maximum Gasteiger partial charge on any atom is 0.257 e. The Kier molecular flexibility index (Phi) is 2.78. The molecule has 0 bridgehead atoms. The molecule has 0 spiro atoms. The molecule has 3 heteroatoms. The van der Waals surface area contributed by atoms with Crippen LogP contribution in [0.3, 0.4) is 0 Å². The fourth-order valence-electron chi connectivity index (χ4n) is 3.12. The number of para-hydroxylation sites is 1. The Hall–Kier alpha value is -2.55. The number of aromatic nitrogens is 1. The molecule has 2 aromatic carbocycles. The van der Waals surface area contributed by atoms with Gasteiger partial charge in [-0.25, -0.2) is 0 Å². The van der Waals surface area contributed by atoms with Gasteiger partial charge >= 0.3 is 0 Å². The standard InChI is InChI=1S/C18H16N2O/c21-18(16-6-2-4-13-9-10-19-17(13)16)20-15-8-7-12-3-1-5-14(12)11-15/h2,4,6-11,19H,1,3,5H2,(H,20,21). The number of H-pyrrole nitrogens is 1. The molecule has 1 amide bonds. The Morgan fingerprint density at radius 1 is 1.05 bits per heavy atom. The van der Waals surface area contributed by atoms with Crippen LogP contribution in [0.4, 0.5) is 5.69 Å². The number of hydrogen-bond donors (Lipinski definition) is 2. The summed E-state index contributed by atoms with van der Waals surface area (Å²) < 4.78 is 0. The predicted octanol–water partition coefficient (Wildman–Crippen LogP) is 3.91. The van der Waals surface area contributed by atoms with Gasteiger partial charge in [-0.3, -0.25) is 4.79 Å². The lowest BCUT2D eigenvalue weighted by molar-refractivity contribution is 0.102. The van der Waals surface area contributed by atoms with E-state index in [1.165, 1.54) is 17.5 Å². The summed E-state index contributed by atoms with van der Waals surface area (Å²) in [5.74, 6) is -0.0685. The monoisotopic (exact) mass is 276 g/mol. The highest BCUT2D eigenvalue weighted by Crippen LogP contribution is 2.25. The average Bonchev–Trinajstić information content (AvgIpc) is 3.14. The van der Waals surface area contributed by atoms with Gasteiger partial charge in [0.05, 0.1) is 11.1 Å². The van der Waals surface area contributed by atoms with Crippen molar-refractivity contribution in [3.8, 4) is 0 Å². The second-order valence-electron chi connectivity index (χ2n) is 5.54. The number of aryl methyl sites for hydroxylation is 2. The summed E-state index contributed by atoms with van der Waals surface area (Å²) in [4.78, 5) is 15.6. The van der Waals surface area contributed by atoms with Gasteiger partial charge in [-0.15, -0.1) is 0 Å². The van der Waals surface area contributed by atoms with Crippen molar-refractivity contribution >= 4 is 22.5 Å². The van der Waals surface area contributed by atoms with E-state index in [9.17, 15) is 4.79 Å². The molecule has 1 aliphatic carbocycles. The minimum Gasteiger partial charge on any atom is -0.361 e. The van der Waals surface area contributed by atoms with Gasteiger partial charge in [-0.1, -0.05) is 18.2 Å². The van der Waals surface area contributed by atoms with Crippen LogP contribution in [-0.4, -0.2) is 10.9 Å². The molecule has 0 radical (unpaired) electrons. The molecule has 1 heterocycles. The van der Waals surface area contributed by atoms with Crippen molar-refractivity contribution in [2.45, 2.75) is 19.3 Å². The van der Waals surface area contributed by atoms with Crippen LogP contribution in [0.25, 0.3) is 10.9 Å². The molecule has 1 aromatic heterocycles.